The Bertz CT molecular complexity index is 701. The summed E-state index contributed by atoms with van der Waals surface area (Å²) in [6.07, 6.45) is 0.879. The highest BCUT2D eigenvalue weighted by atomic mass is 35.5. The van der Waals surface area contributed by atoms with Crippen LogP contribution in [-0.2, 0) is 4.79 Å². The Balaban J connectivity index is 2.26. The summed E-state index contributed by atoms with van der Waals surface area (Å²) in [5.41, 5.74) is 2.23. The largest absolute Gasteiger partial charge is 0.496 e. The molecule has 0 aliphatic heterocycles. The lowest BCUT2D eigenvalue weighted by atomic mass is 9.88. The summed E-state index contributed by atoms with van der Waals surface area (Å²) in [5.74, 6) is 1.59. The number of ether oxygens (including phenoxy) is 2. The molecule has 1 amide bonds. The van der Waals surface area contributed by atoms with E-state index in [0.29, 0.717) is 6.54 Å². The predicted molar refractivity (Wildman–Crippen MR) is 105 cm³/mol. The van der Waals surface area contributed by atoms with E-state index in [1.54, 1.807) is 7.11 Å². The minimum atomic E-state index is -0.161. The number of amides is 1. The third-order valence-corrected chi connectivity index (χ3v) is 4.29. The monoisotopic (exact) mass is 375 g/mol. The second kappa shape index (κ2) is 10.1. The maximum atomic E-state index is 11.5. The molecule has 0 aromatic heterocycles. The molecule has 0 saturated heterocycles. The summed E-state index contributed by atoms with van der Waals surface area (Å²) in [6.45, 7) is 4.55. The fourth-order valence-electron chi connectivity index (χ4n) is 2.91. The Morgan fingerprint density at radius 2 is 1.81 bits per heavy atom. The number of alkyl halides is 1. The van der Waals surface area contributed by atoms with E-state index in [9.17, 15) is 4.79 Å². The lowest BCUT2D eigenvalue weighted by Crippen LogP contribution is -2.26. The van der Waals surface area contributed by atoms with E-state index in [0.717, 1.165) is 29.0 Å². The van der Waals surface area contributed by atoms with Crippen molar-refractivity contribution in [3.8, 4) is 11.5 Å². The zero-order valence-electron chi connectivity index (χ0n) is 15.5. The van der Waals surface area contributed by atoms with Crippen molar-refractivity contribution in [1.29, 1.82) is 0 Å². The molecule has 0 heterocycles. The fourth-order valence-corrected chi connectivity index (χ4v) is 3.00. The SMILES string of the molecule is COc1ccccc1[C@H](CCNC(=O)CCl)c1ccc(OC(C)C)cc1. The minimum absolute atomic E-state index is 0.0272. The van der Waals surface area contributed by atoms with Crippen LogP contribution in [0.5, 0.6) is 11.5 Å². The molecule has 0 fully saturated rings. The Kier molecular flexibility index (Phi) is 7.79. The van der Waals surface area contributed by atoms with Crippen LogP contribution in [0.2, 0.25) is 0 Å². The van der Waals surface area contributed by atoms with Gasteiger partial charge >= 0.3 is 0 Å². The molecule has 0 spiro atoms. The highest BCUT2D eigenvalue weighted by Crippen LogP contribution is 2.34. The summed E-state index contributed by atoms with van der Waals surface area (Å²) in [7, 11) is 1.67. The number of nitrogens with one attached hydrogen (secondary N) is 1. The summed E-state index contributed by atoms with van der Waals surface area (Å²) in [4.78, 5) is 11.5. The second-order valence-electron chi connectivity index (χ2n) is 6.30. The first kappa shape index (κ1) is 20.1. The maximum Gasteiger partial charge on any atom is 0.234 e. The van der Waals surface area contributed by atoms with Crippen LogP contribution in [0.4, 0.5) is 0 Å². The van der Waals surface area contributed by atoms with Crippen LogP contribution in [0.25, 0.3) is 0 Å². The van der Waals surface area contributed by atoms with Crippen LogP contribution in [0.1, 0.15) is 37.3 Å². The molecule has 2 aromatic rings. The van der Waals surface area contributed by atoms with E-state index < -0.39 is 0 Å². The topological polar surface area (TPSA) is 47.6 Å². The Morgan fingerprint density at radius 3 is 2.42 bits per heavy atom. The standard InChI is InChI=1S/C21H26ClNO3/c1-15(2)26-17-10-8-16(9-11-17)18(12-13-23-21(24)14-22)19-6-4-5-7-20(19)25-3/h4-11,15,18H,12-14H2,1-3H3,(H,23,24)/t18-/m1/s1. The fraction of sp³-hybridized carbons (Fsp3) is 0.381. The second-order valence-corrected chi connectivity index (χ2v) is 6.57. The maximum absolute atomic E-state index is 11.5. The zero-order chi connectivity index (χ0) is 18.9. The summed E-state index contributed by atoms with van der Waals surface area (Å²) < 4.78 is 11.3. The minimum Gasteiger partial charge on any atom is -0.496 e. The van der Waals surface area contributed by atoms with Crippen molar-refractivity contribution in [2.75, 3.05) is 19.5 Å². The highest BCUT2D eigenvalue weighted by Gasteiger charge is 2.18. The van der Waals surface area contributed by atoms with Gasteiger partial charge in [0.15, 0.2) is 0 Å². The van der Waals surface area contributed by atoms with Crippen LogP contribution in [0.3, 0.4) is 0 Å². The highest BCUT2D eigenvalue weighted by molar-refractivity contribution is 6.27. The van der Waals surface area contributed by atoms with Crippen LogP contribution < -0.4 is 14.8 Å². The molecule has 1 N–H and O–H groups in total. The number of para-hydroxylation sites is 1. The molecule has 0 radical (unpaired) electrons. The van der Waals surface area contributed by atoms with Gasteiger partial charge in [-0.1, -0.05) is 30.3 Å². The van der Waals surface area contributed by atoms with Crippen molar-refractivity contribution in [2.45, 2.75) is 32.3 Å². The van der Waals surface area contributed by atoms with Crippen molar-refractivity contribution in [1.82, 2.24) is 5.32 Å². The molecular weight excluding hydrogens is 350 g/mol. The van der Waals surface area contributed by atoms with Crippen LogP contribution in [0, 0.1) is 0 Å². The van der Waals surface area contributed by atoms with Gasteiger partial charge in [0, 0.05) is 18.0 Å². The van der Waals surface area contributed by atoms with Crippen molar-refractivity contribution >= 4 is 17.5 Å². The Labute approximate surface area is 160 Å². The number of hydrogen-bond acceptors (Lipinski definition) is 3. The summed E-state index contributed by atoms with van der Waals surface area (Å²) in [6, 6.07) is 16.1. The van der Waals surface area contributed by atoms with E-state index in [1.807, 2.05) is 44.2 Å². The summed E-state index contributed by atoms with van der Waals surface area (Å²) in [5, 5.41) is 2.84. The number of methoxy groups -OCH3 is 1. The van der Waals surface area contributed by atoms with Crippen LogP contribution in [-0.4, -0.2) is 31.5 Å². The lowest BCUT2D eigenvalue weighted by molar-refractivity contribution is -0.118. The molecule has 0 unspecified atom stereocenters. The van der Waals surface area contributed by atoms with Crippen LogP contribution >= 0.6 is 11.6 Å². The number of hydrogen-bond donors (Lipinski definition) is 1. The molecule has 1 atom stereocenters. The summed E-state index contributed by atoms with van der Waals surface area (Å²) >= 11 is 5.56. The smallest absolute Gasteiger partial charge is 0.234 e. The van der Waals surface area contributed by atoms with E-state index in [-0.39, 0.29) is 23.8 Å². The van der Waals surface area contributed by atoms with Gasteiger partial charge in [-0.3, -0.25) is 4.79 Å². The van der Waals surface area contributed by atoms with Crippen LogP contribution in [0.15, 0.2) is 48.5 Å². The molecule has 26 heavy (non-hydrogen) atoms. The molecule has 140 valence electrons. The predicted octanol–water partition coefficient (Wildman–Crippen LogP) is 4.36. The van der Waals surface area contributed by atoms with Gasteiger partial charge < -0.3 is 14.8 Å². The van der Waals surface area contributed by atoms with Crippen molar-refractivity contribution in [3.63, 3.8) is 0 Å². The van der Waals surface area contributed by atoms with Crippen molar-refractivity contribution < 1.29 is 14.3 Å². The first-order valence-electron chi connectivity index (χ1n) is 8.77. The van der Waals surface area contributed by atoms with Crippen molar-refractivity contribution in [3.05, 3.63) is 59.7 Å². The number of carbonyl (C=O) groups excluding carboxylic acids is 1. The molecule has 2 aromatic carbocycles. The van der Waals surface area contributed by atoms with Gasteiger partial charge in [0.1, 0.15) is 17.4 Å². The quantitative estimate of drug-likeness (QED) is 0.662. The Morgan fingerprint density at radius 1 is 1.12 bits per heavy atom. The van der Waals surface area contributed by atoms with E-state index in [4.69, 9.17) is 21.1 Å². The normalized spacial score (nSPS) is 11.9. The number of carbonyl (C=O) groups is 1. The van der Waals surface area contributed by atoms with Gasteiger partial charge in [0.25, 0.3) is 0 Å². The van der Waals surface area contributed by atoms with Gasteiger partial charge in [0.2, 0.25) is 5.91 Å². The number of rotatable bonds is 9. The van der Waals surface area contributed by atoms with E-state index >= 15 is 0 Å². The lowest BCUT2D eigenvalue weighted by Gasteiger charge is -2.21. The van der Waals surface area contributed by atoms with Crippen molar-refractivity contribution in [2.24, 2.45) is 0 Å². The average Bonchev–Trinajstić information content (AvgIpc) is 2.65. The molecule has 5 heteroatoms. The van der Waals surface area contributed by atoms with Gasteiger partial charge in [0.05, 0.1) is 13.2 Å². The molecule has 0 bridgehead atoms. The number of benzene rings is 2. The first-order chi connectivity index (χ1) is 12.5. The molecular formula is C21H26ClNO3. The Hall–Kier alpha value is -2.20. The first-order valence-corrected chi connectivity index (χ1v) is 9.30. The van der Waals surface area contributed by atoms with Gasteiger partial charge in [-0.15, -0.1) is 11.6 Å². The number of halogens is 1. The van der Waals surface area contributed by atoms with E-state index in [1.165, 1.54) is 0 Å². The van der Waals surface area contributed by atoms with Gasteiger partial charge in [-0.25, -0.2) is 0 Å². The average molecular weight is 376 g/mol. The molecule has 4 nitrogen and oxygen atoms in total. The molecule has 0 aliphatic rings. The molecule has 2 rings (SSSR count). The third-order valence-electron chi connectivity index (χ3n) is 4.05. The van der Waals surface area contributed by atoms with Gasteiger partial charge in [-0.05, 0) is 44.0 Å². The zero-order valence-corrected chi connectivity index (χ0v) is 16.3. The molecule has 0 aliphatic carbocycles. The molecule has 0 saturated carbocycles. The van der Waals surface area contributed by atoms with Gasteiger partial charge in [-0.2, -0.15) is 0 Å². The van der Waals surface area contributed by atoms with E-state index in [2.05, 4.69) is 23.5 Å². The third kappa shape index (κ3) is 5.67.